The number of fused-ring (bicyclic) bond motifs is 1. The number of phenols is 1. The van der Waals surface area contributed by atoms with E-state index in [4.69, 9.17) is 4.74 Å². The molecule has 0 fully saturated rings. The monoisotopic (exact) mass is 241 g/mol. The summed E-state index contributed by atoms with van der Waals surface area (Å²) in [5.74, 6) is 0.602. The molecule has 0 radical (unpaired) electrons. The van der Waals surface area contributed by atoms with E-state index in [-0.39, 0.29) is 5.75 Å². The minimum absolute atomic E-state index is 0.0784. The van der Waals surface area contributed by atoms with Gasteiger partial charge in [0.25, 0.3) is 0 Å². The van der Waals surface area contributed by atoms with Gasteiger partial charge in [-0.05, 0) is 24.3 Å². The van der Waals surface area contributed by atoms with Crippen LogP contribution in [0.3, 0.4) is 0 Å². The van der Waals surface area contributed by atoms with Crippen LogP contribution in [0.25, 0.3) is 16.7 Å². The highest BCUT2D eigenvalue weighted by atomic mass is 16.5. The molecule has 1 heterocycles. The van der Waals surface area contributed by atoms with Gasteiger partial charge in [-0.25, -0.2) is 0 Å². The Bertz CT molecular complexity index is 673. The fourth-order valence-corrected chi connectivity index (χ4v) is 1.84. The summed E-state index contributed by atoms with van der Waals surface area (Å²) in [6.07, 6.45) is 0. The SMILES string of the molecule is COc1cccc(O)c1-n1nc2ccccc2n1. The molecule has 0 aliphatic carbocycles. The number of phenolic OH excluding ortho intramolecular Hbond substituents is 1. The summed E-state index contributed by atoms with van der Waals surface area (Å²) in [5.41, 5.74) is 1.97. The first-order chi connectivity index (χ1) is 8.79. The third-order valence-electron chi connectivity index (χ3n) is 2.68. The standard InChI is InChI=1S/C13H11N3O2/c1-18-12-8-4-7-11(17)13(12)16-14-9-5-2-3-6-10(9)15-16/h2-8,17H,1H3. The smallest absolute Gasteiger partial charge is 0.169 e. The van der Waals surface area contributed by atoms with Crippen molar-refractivity contribution in [2.75, 3.05) is 7.11 Å². The second-order valence-corrected chi connectivity index (χ2v) is 3.81. The third-order valence-corrected chi connectivity index (χ3v) is 2.68. The Balaban J connectivity index is 2.25. The highest BCUT2D eigenvalue weighted by molar-refractivity contribution is 5.74. The van der Waals surface area contributed by atoms with E-state index in [2.05, 4.69) is 10.2 Å². The van der Waals surface area contributed by atoms with Crippen LogP contribution in [0.2, 0.25) is 0 Å². The molecule has 0 amide bonds. The van der Waals surface area contributed by atoms with Gasteiger partial charge in [0.05, 0.1) is 7.11 Å². The maximum absolute atomic E-state index is 9.92. The largest absolute Gasteiger partial charge is 0.505 e. The van der Waals surface area contributed by atoms with Gasteiger partial charge in [-0.15, -0.1) is 15.0 Å². The van der Waals surface area contributed by atoms with Crippen molar-refractivity contribution in [1.82, 2.24) is 15.0 Å². The fraction of sp³-hybridized carbons (Fsp3) is 0.0769. The summed E-state index contributed by atoms with van der Waals surface area (Å²) in [6, 6.07) is 12.6. The first-order valence-corrected chi connectivity index (χ1v) is 5.48. The molecular formula is C13H11N3O2. The molecule has 0 aliphatic heterocycles. The number of hydrogen-bond acceptors (Lipinski definition) is 4. The summed E-state index contributed by atoms with van der Waals surface area (Å²) in [7, 11) is 1.54. The van der Waals surface area contributed by atoms with Gasteiger partial charge in [0, 0.05) is 0 Å². The fourth-order valence-electron chi connectivity index (χ4n) is 1.84. The van der Waals surface area contributed by atoms with Gasteiger partial charge in [0.15, 0.2) is 5.69 Å². The number of para-hydroxylation sites is 1. The molecule has 0 saturated heterocycles. The Morgan fingerprint density at radius 1 is 1.00 bits per heavy atom. The van der Waals surface area contributed by atoms with Gasteiger partial charge in [0.1, 0.15) is 22.5 Å². The zero-order valence-corrected chi connectivity index (χ0v) is 9.74. The zero-order chi connectivity index (χ0) is 12.5. The molecule has 18 heavy (non-hydrogen) atoms. The Morgan fingerprint density at radius 2 is 1.67 bits per heavy atom. The summed E-state index contributed by atoms with van der Waals surface area (Å²) in [5, 5.41) is 18.6. The number of methoxy groups -OCH3 is 1. The van der Waals surface area contributed by atoms with Crippen molar-refractivity contribution < 1.29 is 9.84 Å². The zero-order valence-electron chi connectivity index (χ0n) is 9.74. The van der Waals surface area contributed by atoms with E-state index in [1.54, 1.807) is 25.3 Å². The summed E-state index contributed by atoms with van der Waals surface area (Å²) in [6.45, 7) is 0. The molecule has 2 aromatic carbocycles. The van der Waals surface area contributed by atoms with Crippen LogP contribution in [0.4, 0.5) is 0 Å². The van der Waals surface area contributed by atoms with E-state index in [0.717, 1.165) is 11.0 Å². The van der Waals surface area contributed by atoms with E-state index in [9.17, 15) is 5.11 Å². The molecule has 0 spiro atoms. The van der Waals surface area contributed by atoms with Crippen LogP contribution in [0.5, 0.6) is 11.5 Å². The van der Waals surface area contributed by atoms with E-state index in [1.807, 2.05) is 24.3 Å². The lowest BCUT2D eigenvalue weighted by Gasteiger charge is -2.08. The summed E-state index contributed by atoms with van der Waals surface area (Å²) in [4.78, 5) is 1.39. The van der Waals surface area contributed by atoms with Crippen molar-refractivity contribution >= 4 is 11.0 Å². The predicted molar refractivity (Wildman–Crippen MR) is 67.1 cm³/mol. The second-order valence-electron chi connectivity index (χ2n) is 3.81. The molecule has 0 bridgehead atoms. The van der Waals surface area contributed by atoms with Crippen LogP contribution in [0.1, 0.15) is 0 Å². The van der Waals surface area contributed by atoms with E-state index in [0.29, 0.717) is 11.4 Å². The Morgan fingerprint density at radius 3 is 2.28 bits per heavy atom. The number of ether oxygens (including phenoxy) is 1. The number of hydrogen-bond donors (Lipinski definition) is 1. The van der Waals surface area contributed by atoms with Crippen LogP contribution in [-0.2, 0) is 0 Å². The molecule has 1 aromatic heterocycles. The van der Waals surface area contributed by atoms with Gasteiger partial charge >= 0.3 is 0 Å². The number of nitrogens with zero attached hydrogens (tertiary/aromatic N) is 3. The average Bonchev–Trinajstić information content (AvgIpc) is 2.81. The first kappa shape index (κ1) is 10.6. The molecule has 1 N–H and O–H groups in total. The summed E-state index contributed by atoms with van der Waals surface area (Å²) >= 11 is 0. The highest BCUT2D eigenvalue weighted by Gasteiger charge is 2.13. The van der Waals surface area contributed by atoms with Crippen molar-refractivity contribution in [3.63, 3.8) is 0 Å². The van der Waals surface area contributed by atoms with E-state index in [1.165, 1.54) is 4.80 Å². The van der Waals surface area contributed by atoms with Gasteiger partial charge in [-0.2, -0.15) is 0 Å². The molecule has 0 unspecified atom stereocenters. The Hall–Kier alpha value is -2.56. The molecule has 3 rings (SSSR count). The lowest BCUT2D eigenvalue weighted by Crippen LogP contribution is -2.01. The van der Waals surface area contributed by atoms with Crippen molar-refractivity contribution in [2.24, 2.45) is 0 Å². The molecule has 0 atom stereocenters. The number of rotatable bonds is 2. The van der Waals surface area contributed by atoms with Crippen LogP contribution >= 0.6 is 0 Å². The van der Waals surface area contributed by atoms with Crippen molar-refractivity contribution in [1.29, 1.82) is 0 Å². The summed E-state index contributed by atoms with van der Waals surface area (Å²) < 4.78 is 5.22. The number of benzene rings is 2. The predicted octanol–water partition coefficient (Wildman–Crippen LogP) is 2.13. The molecule has 5 nitrogen and oxygen atoms in total. The van der Waals surface area contributed by atoms with Gasteiger partial charge < -0.3 is 9.84 Å². The molecule has 3 aromatic rings. The van der Waals surface area contributed by atoms with Crippen LogP contribution in [0, 0.1) is 0 Å². The Labute approximate surface area is 103 Å². The average molecular weight is 241 g/mol. The quantitative estimate of drug-likeness (QED) is 0.746. The second kappa shape index (κ2) is 4.03. The van der Waals surface area contributed by atoms with E-state index >= 15 is 0 Å². The van der Waals surface area contributed by atoms with Crippen LogP contribution < -0.4 is 4.74 Å². The lowest BCUT2D eigenvalue weighted by atomic mass is 10.3. The topological polar surface area (TPSA) is 60.2 Å². The van der Waals surface area contributed by atoms with Crippen molar-refractivity contribution in [3.8, 4) is 17.2 Å². The molecule has 5 heteroatoms. The first-order valence-electron chi connectivity index (χ1n) is 5.48. The van der Waals surface area contributed by atoms with Gasteiger partial charge in [-0.1, -0.05) is 18.2 Å². The molecule has 90 valence electrons. The van der Waals surface area contributed by atoms with Gasteiger partial charge in [-0.3, -0.25) is 0 Å². The van der Waals surface area contributed by atoms with Crippen molar-refractivity contribution in [2.45, 2.75) is 0 Å². The highest BCUT2D eigenvalue weighted by Crippen LogP contribution is 2.30. The van der Waals surface area contributed by atoms with Crippen LogP contribution in [-0.4, -0.2) is 27.2 Å². The molecule has 0 saturated carbocycles. The minimum Gasteiger partial charge on any atom is -0.505 e. The van der Waals surface area contributed by atoms with Gasteiger partial charge in [0.2, 0.25) is 0 Å². The minimum atomic E-state index is 0.0784. The normalized spacial score (nSPS) is 10.7. The number of aromatic hydroxyl groups is 1. The third kappa shape index (κ3) is 1.57. The Kier molecular flexibility index (Phi) is 2.37. The van der Waals surface area contributed by atoms with Crippen molar-refractivity contribution in [3.05, 3.63) is 42.5 Å². The van der Waals surface area contributed by atoms with Crippen LogP contribution in [0.15, 0.2) is 42.5 Å². The van der Waals surface area contributed by atoms with E-state index < -0.39 is 0 Å². The molecule has 0 aliphatic rings. The molecular weight excluding hydrogens is 230 g/mol. The maximum atomic E-state index is 9.92. The lowest BCUT2D eigenvalue weighted by molar-refractivity contribution is 0.400. The maximum Gasteiger partial charge on any atom is 0.169 e. The number of aromatic nitrogens is 3.